The second kappa shape index (κ2) is 8.78. The van der Waals surface area contributed by atoms with Crippen molar-refractivity contribution in [1.82, 2.24) is 0 Å². The van der Waals surface area contributed by atoms with Crippen LogP contribution in [0.4, 0.5) is 16.2 Å². The third kappa shape index (κ3) is 5.12. The molecule has 160 valence electrons. The lowest BCUT2D eigenvalue weighted by Crippen LogP contribution is -2.37. The second-order valence-electron chi connectivity index (χ2n) is 8.68. The summed E-state index contributed by atoms with van der Waals surface area (Å²) in [5, 5.41) is 5.75. The highest BCUT2D eigenvalue weighted by Crippen LogP contribution is 2.42. The molecular formula is C24H30N2O4. The number of hydrogen-bond acceptors (Lipinski definition) is 4. The van der Waals surface area contributed by atoms with Crippen molar-refractivity contribution in [2.45, 2.75) is 57.5 Å². The Morgan fingerprint density at radius 1 is 0.867 bits per heavy atom. The first-order chi connectivity index (χ1) is 14.2. The molecule has 2 amide bonds. The fraction of sp³-hybridized carbons (Fsp3) is 0.417. The van der Waals surface area contributed by atoms with E-state index in [-0.39, 0.29) is 5.91 Å². The van der Waals surface area contributed by atoms with Crippen LogP contribution in [0.2, 0.25) is 0 Å². The molecule has 1 aliphatic carbocycles. The third-order valence-corrected chi connectivity index (χ3v) is 5.32. The second-order valence-corrected chi connectivity index (χ2v) is 8.68. The van der Waals surface area contributed by atoms with Crippen LogP contribution in [-0.2, 0) is 14.9 Å². The summed E-state index contributed by atoms with van der Waals surface area (Å²) >= 11 is 0. The molecule has 6 heteroatoms. The molecule has 0 aliphatic heterocycles. The highest BCUT2D eigenvalue weighted by Gasteiger charge is 2.42. The van der Waals surface area contributed by atoms with Gasteiger partial charge in [0.15, 0.2) is 0 Å². The first kappa shape index (κ1) is 21.7. The lowest BCUT2D eigenvalue weighted by atomic mass is 9.78. The molecule has 6 nitrogen and oxygen atoms in total. The van der Waals surface area contributed by atoms with Crippen molar-refractivity contribution in [1.29, 1.82) is 0 Å². The monoisotopic (exact) mass is 410 g/mol. The maximum Gasteiger partial charge on any atom is 0.412 e. The smallest absolute Gasteiger partial charge is 0.412 e. The summed E-state index contributed by atoms with van der Waals surface area (Å²) in [5.41, 5.74) is 1.22. The van der Waals surface area contributed by atoms with Gasteiger partial charge in [0.05, 0.1) is 12.5 Å². The van der Waals surface area contributed by atoms with Crippen LogP contribution in [-0.4, -0.2) is 24.7 Å². The quantitative estimate of drug-likeness (QED) is 0.683. The first-order valence-corrected chi connectivity index (χ1v) is 10.3. The molecule has 2 N–H and O–H groups in total. The van der Waals surface area contributed by atoms with Crippen molar-refractivity contribution in [2.24, 2.45) is 0 Å². The molecule has 0 radical (unpaired) electrons. The van der Waals surface area contributed by atoms with Crippen LogP contribution in [0.5, 0.6) is 5.75 Å². The minimum absolute atomic E-state index is 0.00183. The topological polar surface area (TPSA) is 76.7 Å². The van der Waals surface area contributed by atoms with Gasteiger partial charge in [-0.2, -0.15) is 0 Å². The minimum Gasteiger partial charge on any atom is -0.497 e. The molecule has 0 saturated heterocycles. The zero-order valence-corrected chi connectivity index (χ0v) is 18.1. The van der Waals surface area contributed by atoms with Gasteiger partial charge in [0, 0.05) is 11.4 Å². The molecule has 3 rings (SSSR count). The minimum atomic E-state index is -0.560. The van der Waals surface area contributed by atoms with E-state index in [4.69, 9.17) is 9.47 Å². The lowest BCUT2D eigenvalue weighted by Gasteiger charge is -2.28. The Balaban J connectivity index is 1.69. The predicted molar refractivity (Wildman–Crippen MR) is 118 cm³/mol. The summed E-state index contributed by atoms with van der Waals surface area (Å²) in [4.78, 5) is 25.2. The van der Waals surface area contributed by atoms with Crippen LogP contribution in [0.15, 0.2) is 48.5 Å². The number of anilines is 2. The van der Waals surface area contributed by atoms with Crippen LogP contribution in [0.25, 0.3) is 0 Å². The molecule has 0 spiro atoms. The van der Waals surface area contributed by atoms with E-state index in [1.54, 1.807) is 31.4 Å². The van der Waals surface area contributed by atoms with E-state index >= 15 is 0 Å². The summed E-state index contributed by atoms with van der Waals surface area (Å²) in [6, 6.07) is 14.8. The summed E-state index contributed by atoms with van der Waals surface area (Å²) in [5.74, 6) is 0.776. The molecule has 0 unspecified atom stereocenters. The summed E-state index contributed by atoms with van der Waals surface area (Å²) in [6.07, 6.45) is 3.19. The number of amides is 2. The number of benzene rings is 2. The van der Waals surface area contributed by atoms with Crippen molar-refractivity contribution in [3.05, 3.63) is 54.1 Å². The summed E-state index contributed by atoms with van der Waals surface area (Å²) in [7, 11) is 1.63. The van der Waals surface area contributed by atoms with E-state index in [2.05, 4.69) is 10.6 Å². The highest BCUT2D eigenvalue weighted by atomic mass is 16.6. The van der Waals surface area contributed by atoms with Crippen molar-refractivity contribution in [3.8, 4) is 5.75 Å². The number of hydrogen-bond donors (Lipinski definition) is 2. The molecule has 0 heterocycles. The first-order valence-electron chi connectivity index (χ1n) is 10.3. The molecule has 30 heavy (non-hydrogen) atoms. The van der Waals surface area contributed by atoms with Gasteiger partial charge in [0.2, 0.25) is 5.91 Å². The van der Waals surface area contributed by atoms with Crippen LogP contribution in [0.1, 0.15) is 52.0 Å². The third-order valence-electron chi connectivity index (χ3n) is 5.32. The van der Waals surface area contributed by atoms with E-state index in [1.807, 2.05) is 45.0 Å². The number of carbonyl (C=O) groups excluding carboxylic acids is 2. The largest absolute Gasteiger partial charge is 0.497 e. The zero-order valence-electron chi connectivity index (χ0n) is 18.1. The Labute approximate surface area is 178 Å². The number of nitrogens with one attached hydrogen (secondary N) is 2. The maximum absolute atomic E-state index is 13.3. The van der Waals surface area contributed by atoms with E-state index in [9.17, 15) is 9.59 Å². The average molecular weight is 411 g/mol. The van der Waals surface area contributed by atoms with Gasteiger partial charge in [-0.1, -0.05) is 25.0 Å². The normalized spacial score (nSPS) is 15.3. The van der Waals surface area contributed by atoms with Gasteiger partial charge in [-0.25, -0.2) is 4.79 Å². The Kier molecular flexibility index (Phi) is 6.34. The van der Waals surface area contributed by atoms with Crippen LogP contribution in [0.3, 0.4) is 0 Å². The van der Waals surface area contributed by atoms with Crippen LogP contribution in [0, 0.1) is 0 Å². The molecule has 1 saturated carbocycles. The van der Waals surface area contributed by atoms with Gasteiger partial charge in [0.1, 0.15) is 11.4 Å². The van der Waals surface area contributed by atoms with Gasteiger partial charge in [-0.3, -0.25) is 10.1 Å². The zero-order chi connectivity index (χ0) is 21.8. The number of carbonyl (C=O) groups is 2. The Morgan fingerprint density at radius 3 is 1.90 bits per heavy atom. The fourth-order valence-corrected chi connectivity index (χ4v) is 3.84. The van der Waals surface area contributed by atoms with Gasteiger partial charge >= 0.3 is 6.09 Å². The Morgan fingerprint density at radius 2 is 1.40 bits per heavy atom. The maximum atomic E-state index is 13.3. The molecule has 1 aliphatic rings. The van der Waals surface area contributed by atoms with Gasteiger partial charge in [-0.15, -0.1) is 0 Å². The van der Waals surface area contributed by atoms with Gasteiger partial charge in [0.25, 0.3) is 0 Å². The standard InChI is InChI=1S/C24H30N2O4/c1-23(2,3)30-22(28)26-19-11-9-18(10-12-19)25-21(27)24(15-5-6-16-24)17-7-13-20(29-4)14-8-17/h7-14H,5-6,15-16H2,1-4H3,(H,25,27)(H,26,28). The van der Waals surface area contributed by atoms with Crippen LogP contribution >= 0.6 is 0 Å². The predicted octanol–water partition coefficient (Wildman–Crippen LogP) is 5.49. The van der Waals surface area contributed by atoms with E-state index in [1.165, 1.54) is 0 Å². The average Bonchev–Trinajstić information content (AvgIpc) is 3.19. The molecule has 1 fully saturated rings. The van der Waals surface area contributed by atoms with Crippen molar-refractivity contribution >= 4 is 23.4 Å². The molecule has 0 aromatic heterocycles. The van der Waals surface area contributed by atoms with E-state index in [0.29, 0.717) is 11.4 Å². The SMILES string of the molecule is COc1ccc(C2(C(=O)Nc3ccc(NC(=O)OC(C)(C)C)cc3)CCCC2)cc1. The Hall–Kier alpha value is -3.02. The summed E-state index contributed by atoms with van der Waals surface area (Å²) < 4.78 is 10.5. The van der Waals surface area contributed by atoms with E-state index < -0.39 is 17.1 Å². The van der Waals surface area contributed by atoms with Crippen molar-refractivity contribution in [3.63, 3.8) is 0 Å². The van der Waals surface area contributed by atoms with Crippen molar-refractivity contribution in [2.75, 3.05) is 17.7 Å². The number of rotatable bonds is 5. The summed E-state index contributed by atoms with van der Waals surface area (Å²) in [6.45, 7) is 5.44. The molecular weight excluding hydrogens is 380 g/mol. The molecule has 0 bridgehead atoms. The number of methoxy groups -OCH3 is 1. The van der Waals surface area contributed by atoms with Gasteiger partial charge < -0.3 is 14.8 Å². The number of ether oxygens (including phenoxy) is 2. The van der Waals surface area contributed by atoms with E-state index in [0.717, 1.165) is 37.0 Å². The highest BCUT2D eigenvalue weighted by molar-refractivity contribution is 5.99. The fourth-order valence-electron chi connectivity index (χ4n) is 3.84. The Bertz CT molecular complexity index is 877. The lowest BCUT2D eigenvalue weighted by molar-refractivity contribution is -0.121. The molecule has 2 aromatic carbocycles. The molecule has 2 aromatic rings. The van der Waals surface area contributed by atoms with Crippen LogP contribution < -0.4 is 15.4 Å². The van der Waals surface area contributed by atoms with Gasteiger partial charge in [-0.05, 0) is 75.6 Å². The van der Waals surface area contributed by atoms with Crippen molar-refractivity contribution < 1.29 is 19.1 Å². The molecule has 0 atom stereocenters.